The summed E-state index contributed by atoms with van der Waals surface area (Å²) in [6.07, 6.45) is 1.56. The summed E-state index contributed by atoms with van der Waals surface area (Å²) in [6.45, 7) is 7.86. The highest BCUT2D eigenvalue weighted by atomic mass is 32.2. The Morgan fingerprint density at radius 1 is 1.33 bits per heavy atom. The summed E-state index contributed by atoms with van der Waals surface area (Å²) < 4.78 is 34.4. The van der Waals surface area contributed by atoms with E-state index in [9.17, 15) is 13.5 Å². The molecule has 0 spiro atoms. The Morgan fingerprint density at radius 3 is 2.33 bits per heavy atom. The molecular weight excluding hydrogens is 292 g/mol. The minimum atomic E-state index is -3.63. The molecule has 1 heterocycles. The summed E-state index contributed by atoms with van der Waals surface area (Å²) >= 11 is 0. The molecule has 1 rings (SSSR count). The molecule has 0 saturated heterocycles. The van der Waals surface area contributed by atoms with Gasteiger partial charge < -0.3 is 14.4 Å². The fourth-order valence-electron chi connectivity index (χ4n) is 2.06. The number of aromatic nitrogens is 1. The molecule has 0 bridgehead atoms. The average molecular weight is 318 g/mol. The van der Waals surface area contributed by atoms with Gasteiger partial charge in [-0.3, -0.25) is 0 Å². The van der Waals surface area contributed by atoms with E-state index in [1.807, 2.05) is 27.7 Å². The van der Waals surface area contributed by atoms with Gasteiger partial charge in [-0.1, -0.05) is 13.8 Å². The number of nitrogens with one attached hydrogen (secondary N) is 1. The van der Waals surface area contributed by atoms with Gasteiger partial charge in [0, 0.05) is 31.1 Å². The first-order chi connectivity index (χ1) is 9.72. The van der Waals surface area contributed by atoms with Crippen molar-refractivity contribution in [2.75, 3.05) is 13.7 Å². The van der Waals surface area contributed by atoms with Crippen molar-refractivity contribution in [2.24, 2.45) is 5.92 Å². The third-order valence-electron chi connectivity index (χ3n) is 3.39. The van der Waals surface area contributed by atoms with Crippen molar-refractivity contribution in [1.82, 2.24) is 9.29 Å². The maximum atomic E-state index is 12.5. The number of rotatable bonds is 8. The molecule has 0 saturated carbocycles. The van der Waals surface area contributed by atoms with Crippen LogP contribution in [0.4, 0.5) is 0 Å². The maximum Gasteiger partial charge on any atom is 0.242 e. The number of aliphatic hydroxyl groups excluding tert-OH is 1. The van der Waals surface area contributed by atoms with Crippen LogP contribution in [0.5, 0.6) is 0 Å². The topological polar surface area (TPSA) is 80.6 Å². The molecular formula is C14H26N2O4S. The van der Waals surface area contributed by atoms with Crippen LogP contribution >= 0.6 is 0 Å². The zero-order valence-corrected chi connectivity index (χ0v) is 14.1. The second-order valence-corrected chi connectivity index (χ2v) is 7.47. The van der Waals surface area contributed by atoms with E-state index >= 15 is 0 Å². The van der Waals surface area contributed by atoms with E-state index in [1.165, 1.54) is 6.07 Å². The van der Waals surface area contributed by atoms with Crippen molar-refractivity contribution in [3.8, 4) is 0 Å². The van der Waals surface area contributed by atoms with Gasteiger partial charge in [-0.2, -0.15) is 0 Å². The molecule has 2 N–H and O–H groups in total. The fourth-order valence-corrected chi connectivity index (χ4v) is 3.48. The lowest BCUT2D eigenvalue weighted by atomic mass is 10.1. The first-order valence-corrected chi connectivity index (χ1v) is 8.54. The largest absolute Gasteiger partial charge is 0.390 e. The van der Waals surface area contributed by atoms with E-state index in [4.69, 9.17) is 4.74 Å². The smallest absolute Gasteiger partial charge is 0.242 e. The van der Waals surface area contributed by atoms with E-state index in [2.05, 4.69) is 4.72 Å². The van der Waals surface area contributed by atoms with E-state index in [1.54, 1.807) is 17.9 Å². The highest BCUT2D eigenvalue weighted by Gasteiger charge is 2.24. The Labute approximate surface area is 127 Å². The molecule has 7 heteroatoms. The van der Waals surface area contributed by atoms with E-state index < -0.39 is 10.0 Å². The highest BCUT2D eigenvalue weighted by Crippen LogP contribution is 2.20. The van der Waals surface area contributed by atoms with Gasteiger partial charge >= 0.3 is 0 Å². The third-order valence-corrected chi connectivity index (χ3v) is 4.85. The number of aliphatic hydroxyl groups is 1. The zero-order valence-electron chi connectivity index (χ0n) is 13.3. The lowest BCUT2D eigenvalue weighted by Gasteiger charge is -2.21. The molecule has 1 aromatic rings. The molecule has 0 aromatic carbocycles. The second kappa shape index (κ2) is 7.40. The lowest BCUT2D eigenvalue weighted by molar-refractivity contribution is 0.157. The van der Waals surface area contributed by atoms with Gasteiger partial charge in [-0.25, -0.2) is 13.1 Å². The van der Waals surface area contributed by atoms with Crippen LogP contribution in [0.15, 0.2) is 17.2 Å². The van der Waals surface area contributed by atoms with Crippen LogP contribution in [-0.4, -0.2) is 37.8 Å². The Morgan fingerprint density at radius 2 is 1.95 bits per heavy atom. The quantitative estimate of drug-likeness (QED) is 0.761. The predicted octanol–water partition coefficient (Wildman–Crippen LogP) is 1.51. The van der Waals surface area contributed by atoms with Gasteiger partial charge in [0.15, 0.2) is 0 Å². The average Bonchev–Trinajstić information content (AvgIpc) is 2.83. The number of hydrogen-bond acceptors (Lipinski definition) is 4. The molecule has 21 heavy (non-hydrogen) atoms. The first-order valence-electron chi connectivity index (χ1n) is 7.05. The van der Waals surface area contributed by atoms with Crippen LogP contribution in [0.1, 0.15) is 39.4 Å². The molecule has 0 amide bonds. The minimum Gasteiger partial charge on any atom is -0.390 e. The van der Waals surface area contributed by atoms with Gasteiger partial charge in [0.05, 0.1) is 18.1 Å². The van der Waals surface area contributed by atoms with Gasteiger partial charge in [-0.15, -0.1) is 0 Å². The Kier molecular flexibility index (Phi) is 6.40. The number of nitrogens with zero attached hydrogens (tertiary/aromatic N) is 1. The normalized spacial score (nSPS) is 14.1. The molecule has 6 nitrogen and oxygen atoms in total. The summed E-state index contributed by atoms with van der Waals surface area (Å²) in [5.41, 5.74) is 0.582. The predicted molar refractivity (Wildman–Crippen MR) is 81.6 cm³/mol. The van der Waals surface area contributed by atoms with Crippen molar-refractivity contribution >= 4 is 10.0 Å². The van der Waals surface area contributed by atoms with E-state index in [0.717, 1.165) is 0 Å². The highest BCUT2D eigenvalue weighted by molar-refractivity contribution is 7.89. The fraction of sp³-hybridized carbons (Fsp3) is 0.714. The number of methoxy groups -OCH3 is 1. The van der Waals surface area contributed by atoms with Gasteiger partial charge in [0.2, 0.25) is 10.0 Å². The molecule has 1 aromatic heterocycles. The molecule has 0 fully saturated rings. The van der Waals surface area contributed by atoms with Crippen LogP contribution in [0, 0.1) is 5.92 Å². The van der Waals surface area contributed by atoms with Crippen LogP contribution < -0.4 is 4.72 Å². The second-order valence-electron chi connectivity index (χ2n) is 5.75. The molecule has 0 radical (unpaired) electrons. The van der Waals surface area contributed by atoms with Gasteiger partial charge in [0.1, 0.15) is 0 Å². The summed E-state index contributed by atoms with van der Waals surface area (Å²) in [4.78, 5) is 0.169. The Bertz CT molecular complexity index is 549. The molecule has 122 valence electrons. The monoisotopic (exact) mass is 318 g/mol. The summed E-state index contributed by atoms with van der Waals surface area (Å²) in [5.74, 6) is 0.115. The van der Waals surface area contributed by atoms with Crippen molar-refractivity contribution < 1.29 is 18.3 Å². The summed E-state index contributed by atoms with van der Waals surface area (Å²) in [7, 11) is -2.09. The van der Waals surface area contributed by atoms with Crippen molar-refractivity contribution in [2.45, 2.75) is 51.3 Å². The Hall–Kier alpha value is -0.890. The SMILES string of the molecule is COCC(NS(=O)(=O)c1cc(CO)n(C(C)C)c1)C(C)C. The standard InChI is InChI=1S/C14H26N2O4S/c1-10(2)14(9-20-5)15-21(18,19)13-6-12(8-17)16(7-13)11(3)4/h6-7,10-11,14-15,17H,8-9H2,1-5H3. The number of ether oxygens (including phenoxy) is 1. The third kappa shape index (κ3) is 4.54. The van der Waals surface area contributed by atoms with E-state index in [-0.39, 0.29) is 29.5 Å². The van der Waals surface area contributed by atoms with Crippen LogP contribution in [0.2, 0.25) is 0 Å². The maximum absolute atomic E-state index is 12.5. The number of hydrogen-bond donors (Lipinski definition) is 2. The molecule has 0 aliphatic carbocycles. The van der Waals surface area contributed by atoms with Crippen molar-refractivity contribution in [3.05, 3.63) is 18.0 Å². The molecule has 1 atom stereocenters. The van der Waals surface area contributed by atoms with Crippen molar-refractivity contribution in [3.63, 3.8) is 0 Å². The molecule has 0 aliphatic rings. The summed E-state index contributed by atoms with van der Waals surface area (Å²) in [5, 5.41) is 9.34. The minimum absolute atomic E-state index is 0.0796. The first kappa shape index (κ1) is 18.2. The molecule has 1 unspecified atom stereocenters. The Balaban J connectivity index is 3.07. The lowest BCUT2D eigenvalue weighted by Crippen LogP contribution is -2.41. The number of sulfonamides is 1. The van der Waals surface area contributed by atoms with E-state index in [0.29, 0.717) is 12.3 Å². The van der Waals surface area contributed by atoms with Gasteiger partial charge in [0.25, 0.3) is 0 Å². The van der Waals surface area contributed by atoms with Crippen LogP contribution in [0.25, 0.3) is 0 Å². The zero-order chi connectivity index (χ0) is 16.2. The van der Waals surface area contributed by atoms with Crippen LogP contribution in [0.3, 0.4) is 0 Å². The molecule has 0 aliphatic heterocycles. The van der Waals surface area contributed by atoms with Gasteiger partial charge in [-0.05, 0) is 25.8 Å². The van der Waals surface area contributed by atoms with Crippen LogP contribution in [-0.2, 0) is 21.4 Å². The van der Waals surface area contributed by atoms with Crippen molar-refractivity contribution in [1.29, 1.82) is 0 Å². The summed E-state index contributed by atoms with van der Waals surface area (Å²) in [6, 6.07) is 1.29.